The van der Waals surface area contributed by atoms with E-state index < -0.39 is 0 Å². The molecule has 0 atom stereocenters. The lowest BCUT2D eigenvalue weighted by Gasteiger charge is -2.24. The van der Waals surface area contributed by atoms with E-state index in [1.54, 1.807) is 23.1 Å². The van der Waals surface area contributed by atoms with Crippen molar-refractivity contribution in [2.24, 2.45) is 5.92 Å². The van der Waals surface area contributed by atoms with E-state index in [-0.39, 0.29) is 29.1 Å². The Balaban J connectivity index is 2.24. The maximum absolute atomic E-state index is 13.0. The number of hydrogen-bond donors (Lipinski definition) is 1. The van der Waals surface area contributed by atoms with Crippen LogP contribution in [0.3, 0.4) is 0 Å². The van der Waals surface area contributed by atoms with Crippen molar-refractivity contribution in [2.75, 3.05) is 6.54 Å². The third-order valence-corrected chi connectivity index (χ3v) is 3.15. The Morgan fingerprint density at radius 1 is 1.27 bits per heavy atom. The highest BCUT2D eigenvalue weighted by Crippen LogP contribution is 2.18. The summed E-state index contributed by atoms with van der Waals surface area (Å²) in [5, 5.41) is 9.81. The molecule has 2 rings (SSSR count). The second-order valence-corrected chi connectivity index (χ2v) is 5.58. The molecule has 5 heteroatoms. The molecule has 0 aliphatic rings. The van der Waals surface area contributed by atoms with Crippen LogP contribution >= 0.6 is 0 Å². The molecule has 0 unspecified atom stereocenters. The minimum atomic E-state index is -0.337. The minimum absolute atomic E-state index is 0.0326. The second-order valence-electron chi connectivity index (χ2n) is 5.58. The van der Waals surface area contributed by atoms with E-state index in [9.17, 15) is 14.3 Å². The molecule has 116 valence electrons. The molecule has 0 aliphatic heterocycles. The Hall–Kier alpha value is -2.43. The van der Waals surface area contributed by atoms with E-state index in [0.29, 0.717) is 13.1 Å². The van der Waals surface area contributed by atoms with Gasteiger partial charge in [-0.3, -0.25) is 4.79 Å². The highest BCUT2D eigenvalue weighted by molar-refractivity contribution is 5.94. The largest absolute Gasteiger partial charge is 0.505 e. The van der Waals surface area contributed by atoms with E-state index in [1.165, 1.54) is 24.4 Å². The zero-order valence-corrected chi connectivity index (χ0v) is 12.7. The summed E-state index contributed by atoms with van der Waals surface area (Å²) in [5.41, 5.74) is 0.857. The molecule has 0 radical (unpaired) electrons. The zero-order valence-electron chi connectivity index (χ0n) is 12.7. The fourth-order valence-corrected chi connectivity index (χ4v) is 2.18. The number of aromatic hydroxyl groups is 1. The van der Waals surface area contributed by atoms with Crippen molar-refractivity contribution in [3.05, 3.63) is 59.7 Å². The van der Waals surface area contributed by atoms with Gasteiger partial charge >= 0.3 is 0 Å². The van der Waals surface area contributed by atoms with Crippen molar-refractivity contribution in [3.63, 3.8) is 0 Å². The quantitative estimate of drug-likeness (QED) is 0.922. The number of halogens is 1. The Labute approximate surface area is 129 Å². The molecule has 22 heavy (non-hydrogen) atoms. The van der Waals surface area contributed by atoms with E-state index >= 15 is 0 Å². The lowest BCUT2D eigenvalue weighted by atomic mass is 10.1. The van der Waals surface area contributed by atoms with Crippen LogP contribution in [0.5, 0.6) is 5.75 Å². The van der Waals surface area contributed by atoms with Crippen LogP contribution in [0.15, 0.2) is 42.6 Å². The maximum Gasteiger partial charge on any atom is 0.276 e. The number of hydrogen-bond acceptors (Lipinski definition) is 3. The summed E-state index contributed by atoms with van der Waals surface area (Å²) >= 11 is 0. The molecule has 1 amide bonds. The van der Waals surface area contributed by atoms with Gasteiger partial charge in [-0.25, -0.2) is 9.37 Å². The number of nitrogens with zero attached hydrogens (tertiary/aromatic N) is 2. The van der Waals surface area contributed by atoms with Gasteiger partial charge in [0.05, 0.1) is 0 Å². The average molecular weight is 302 g/mol. The van der Waals surface area contributed by atoms with Gasteiger partial charge in [0.15, 0.2) is 5.69 Å². The number of benzene rings is 1. The van der Waals surface area contributed by atoms with Crippen LogP contribution < -0.4 is 0 Å². The SMILES string of the molecule is CC(C)CN(Cc1ccc(F)cc1)C(=O)c1ncccc1O. The molecule has 0 spiro atoms. The van der Waals surface area contributed by atoms with Crippen molar-refractivity contribution < 1.29 is 14.3 Å². The highest BCUT2D eigenvalue weighted by atomic mass is 19.1. The van der Waals surface area contributed by atoms with Crippen molar-refractivity contribution in [1.82, 2.24) is 9.88 Å². The predicted octanol–water partition coefficient (Wildman–Crippen LogP) is 3.22. The van der Waals surface area contributed by atoms with Crippen LogP contribution in [0.1, 0.15) is 29.9 Å². The van der Waals surface area contributed by atoms with E-state index in [4.69, 9.17) is 0 Å². The molecule has 0 saturated carbocycles. The first-order valence-corrected chi connectivity index (χ1v) is 7.15. The lowest BCUT2D eigenvalue weighted by Crippen LogP contribution is -2.34. The van der Waals surface area contributed by atoms with Gasteiger partial charge in [0, 0.05) is 19.3 Å². The Morgan fingerprint density at radius 3 is 2.55 bits per heavy atom. The molecule has 4 nitrogen and oxygen atoms in total. The first kappa shape index (κ1) is 15.9. The molecule has 2 aromatic rings. The van der Waals surface area contributed by atoms with Crippen LogP contribution in [0.4, 0.5) is 4.39 Å². The van der Waals surface area contributed by atoms with Crippen molar-refractivity contribution in [2.45, 2.75) is 20.4 Å². The molecule has 1 aromatic heterocycles. The predicted molar refractivity (Wildman–Crippen MR) is 81.9 cm³/mol. The first-order chi connectivity index (χ1) is 10.5. The number of amides is 1. The van der Waals surface area contributed by atoms with Crippen LogP contribution in [0, 0.1) is 11.7 Å². The number of rotatable bonds is 5. The van der Waals surface area contributed by atoms with Crippen molar-refractivity contribution in [1.29, 1.82) is 0 Å². The summed E-state index contributed by atoms with van der Waals surface area (Å²) in [6.07, 6.45) is 1.47. The van der Waals surface area contributed by atoms with Gasteiger partial charge in [-0.15, -0.1) is 0 Å². The van der Waals surface area contributed by atoms with Gasteiger partial charge in [-0.05, 0) is 35.7 Å². The van der Waals surface area contributed by atoms with Crippen LogP contribution in [0.25, 0.3) is 0 Å². The topological polar surface area (TPSA) is 53.4 Å². The molecule has 1 heterocycles. The third-order valence-electron chi connectivity index (χ3n) is 3.15. The van der Waals surface area contributed by atoms with Gasteiger partial charge in [0.25, 0.3) is 5.91 Å². The van der Waals surface area contributed by atoms with Crippen LogP contribution in [0.2, 0.25) is 0 Å². The highest BCUT2D eigenvalue weighted by Gasteiger charge is 2.21. The summed E-state index contributed by atoms with van der Waals surface area (Å²) in [7, 11) is 0. The van der Waals surface area contributed by atoms with E-state index in [2.05, 4.69) is 4.98 Å². The molecule has 0 saturated heterocycles. The average Bonchev–Trinajstić information content (AvgIpc) is 2.48. The Morgan fingerprint density at radius 2 is 1.95 bits per heavy atom. The fourth-order valence-electron chi connectivity index (χ4n) is 2.18. The summed E-state index contributed by atoms with van der Waals surface area (Å²) in [4.78, 5) is 18.2. The monoisotopic (exact) mass is 302 g/mol. The molecular formula is C17H19FN2O2. The molecular weight excluding hydrogens is 283 g/mol. The standard InChI is InChI=1S/C17H19FN2O2/c1-12(2)10-20(11-13-5-7-14(18)8-6-13)17(22)16-15(21)4-3-9-19-16/h3-9,12,21H,10-11H2,1-2H3. The van der Waals surface area contributed by atoms with Gasteiger partial charge in [-0.1, -0.05) is 26.0 Å². The van der Waals surface area contributed by atoms with Crippen LogP contribution in [-0.2, 0) is 6.54 Å². The number of carbonyl (C=O) groups is 1. The summed E-state index contributed by atoms with van der Waals surface area (Å²) in [6, 6.07) is 9.03. The summed E-state index contributed by atoms with van der Waals surface area (Å²) in [6.45, 7) is 4.87. The molecule has 0 aliphatic carbocycles. The lowest BCUT2D eigenvalue weighted by molar-refractivity contribution is 0.0713. The molecule has 0 fully saturated rings. The second kappa shape index (κ2) is 7.02. The van der Waals surface area contributed by atoms with E-state index in [1.807, 2.05) is 13.8 Å². The number of aromatic nitrogens is 1. The minimum Gasteiger partial charge on any atom is -0.505 e. The third kappa shape index (κ3) is 4.04. The summed E-state index contributed by atoms with van der Waals surface area (Å²) < 4.78 is 13.0. The number of carbonyl (C=O) groups excluding carboxylic acids is 1. The zero-order chi connectivity index (χ0) is 16.1. The van der Waals surface area contributed by atoms with Crippen molar-refractivity contribution >= 4 is 5.91 Å². The fraction of sp³-hybridized carbons (Fsp3) is 0.294. The number of pyridine rings is 1. The van der Waals surface area contributed by atoms with Gasteiger partial charge in [0.1, 0.15) is 11.6 Å². The molecule has 1 aromatic carbocycles. The molecule has 1 N–H and O–H groups in total. The summed E-state index contributed by atoms with van der Waals surface area (Å²) in [5.74, 6) is -0.528. The Bertz CT molecular complexity index is 641. The van der Waals surface area contributed by atoms with Gasteiger partial charge < -0.3 is 10.0 Å². The maximum atomic E-state index is 13.0. The normalized spacial score (nSPS) is 10.7. The van der Waals surface area contributed by atoms with Crippen molar-refractivity contribution in [3.8, 4) is 5.75 Å². The molecule has 0 bridgehead atoms. The first-order valence-electron chi connectivity index (χ1n) is 7.15. The Kier molecular flexibility index (Phi) is 5.09. The van der Waals surface area contributed by atoms with Gasteiger partial charge in [-0.2, -0.15) is 0 Å². The van der Waals surface area contributed by atoms with Gasteiger partial charge in [0.2, 0.25) is 0 Å². The van der Waals surface area contributed by atoms with Crippen LogP contribution in [-0.4, -0.2) is 27.4 Å². The smallest absolute Gasteiger partial charge is 0.276 e. The van der Waals surface area contributed by atoms with E-state index in [0.717, 1.165) is 5.56 Å².